The number of rotatable bonds is 4. The van der Waals surface area contributed by atoms with Gasteiger partial charge in [0.2, 0.25) is 5.91 Å². The van der Waals surface area contributed by atoms with Crippen molar-refractivity contribution in [3.8, 4) is 11.5 Å². The molecular weight excluding hydrogens is 290 g/mol. The molecule has 2 aromatic carbocycles. The lowest BCUT2D eigenvalue weighted by atomic mass is 10.1. The van der Waals surface area contributed by atoms with E-state index in [9.17, 15) is 4.79 Å². The number of benzene rings is 2. The molecule has 5 nitrogen and oxygen atoms in total. The number of ether oxygens (including phenoxy) is 1. The van der Waals surface area contributed by atoms with Gasteiger partial charge >= 0.3 is 0 Å². The molecule has 1 amide bonds. The molecular formula is C18H19N3O2. The highest BCUT2D eigenvalue weighted by Crippen LogP contribution is 2.27. The van der Waals surface area contributed by atoms with Gasteiger partial charge in [-0.1, -0.05) is 12.1 Å². The molecule has 0 atom stereocenters. The van der Waals surface area contributed by atoms with E-state index in [-0.39, 0.29) is 5.91 Å². The average molecular weight is 309 g/mol. The number of aliphatic imine (C=N–C) groups is 1. The molecule has 2 N–H and O–H groups in total. The predicted octanol–water partition coefficient (Wildman–Crippen LogP) is 3.18. The molecule has 1 aliphatic heterocycles. The highest BCUT2D eigenvalue weighted by atomic mass is 16.5. The average Bonchev–Trinajstić information content (AvgIpc) is 2.57. The van der Waals surface area contributed by atoms with Crippen LogP contribution in [0, 0.1) is 0 Å². The monoisotopic (exact) mass is 309 g/mol. The lowest BCUT2D eigenvalue weighted by Crippen LogP contribution is -2.30. The molecule has 2 aromatic rings. The normalized spacial score (nSPS) is 13.7. The number of anilines is 1. The number of amidine groups is 1. The molecule has 5 heteroatoms. The summed E-state index contributed by atoms with van der Waals surface area (Å²) >= 11 is 0. The molecule has 0 aliphatic carbocycles. The van der Waals surface area contributed by atoms with Crippen LogP contribution in [0.15, 0.2) is 53.5 Å². The molecule has 0 bridgehead atoms. The van der Waals surface area contributed by atoms with Gasteiger partial charge in [0, 0.05) is 25.7 Å². The Morgan fingerprint density at radius 3 is 2.65 bits per heavy atom. The second kappa shape index (κ2) is 6.96. The van der Waals surface area contributed by atoms with Gasteiger partial charge in [0.05, 0.1) is 5.56 Å². The summed E-state index contributed by atoms with van der Waals surface area (Å²) in [5.41, 5.74) is 1.70. The van der Waals surface area contributed by atoms with Gasteiger partial charge in [0.25, 0.3) is 0 Å². The Balaban J connectivity index is 1.80. The van der Waals surface area contributed by atoms with Gasteiger partial charge in [-0.05, 0) is 42.8 Å². The van der Waals surface area contributed by atoms with Crippen LogP contribution in [0.3, 0.4) is 0 Å². The maximum Gasteiger partial charge on any atom is 0.221 e. The third kappa shape index (κ3) is 3.88. The molecule has 0 spiro atoms. The Labute approximate surface area is 135 Å². The minimum Gasteiger partial charge on any atom is -0.457 e. The molecule has 1 heterocycles. The van der Waals surface area contributed by atoms with Crippen LogP contribution in [0.5, 0.6) is 11.5 Å². The summed E-state index contributed by atoms with van der Waals surface area (Å²) in [6.45, 7) is 3.25. The summed E-state index contributed by atoms with van der Waals surface area (Å²) < 4.78 is 5.99. The van der Waals surface area contributed by atoms with Crippen molar-refractivity contribution in [3.63, 3.8) is 0 Å². The number of amides is 1. The first-order valence-corrected chi connectivity index (χ1v) is 7.65. The highest BCUT2D eigenvalue weighted by Gasteiger charge is 2.12. The van der Waals surface area contributed by atoms with Gasteiger partial charge in [-0.3, -0.25) is 9.79 Å². The Bertz CT molecular complexity index is 723. The van der Waals surface area contributed by atoms with Gasteiger partial charge < -0.3 is 15.4 Å². The van der Waals surface area contributed by atoms with E-state index in [0.717, 1.165) is 42.3 Å². The van der Waals surface area contributed by atoms with Crippen LogP contribution >= 0.6 is 0 Å². The van der Waals surface area contributed by atoms with Gasteiger partial charge in [-0.2, -0.15) is 0 Å². The maximum atomic E-state index is 11.0. The first-order valence-electron chi connectivity index (χ1n) is 7.65. The van der Waals surface area contributed by atoms with E-state index in [1.807, 2.05) is 48.5 Å². The number of carbonyl (C=O) groups excluding carboxylic acids is 1. The molecule has 0 saturated carbocycles. The third-order valence-corrected chi connectivity index (χ3v) is 3.44. The van der Waals surface area contributed by atoms with Crippen LogP contribution in [0.25, 0.3) is 0 Å². The molecule has 0 aromatic heterocycles. The van der Waals surface area contributed by atoms with E-state index in [0.29, 0.717) is 5.75 Å². The van der Waals surface area contributed by atoms with Crippen molar-refractivity contribution in [3.05, 3.63) is 54.1 Å². The number of nitrogens with one attached hydrogen (secondary N) is 2. The van der Waals surface area contributed by atoms with E-state index < -0.39 is 0 Å². The predicted molar refractivity (Wildman–Crippen MR) is 91.3 cm³/mol. The molecule has 0 radical (unpaired) electrons. The summed E-state index contributed by atoms with van der Waals surface area (Å²) in [6.07, 6.45) is 1.05. The fourth-order valence-electron chi connectivity index (χ4n) is 2.40. The topological polar surface area (TPSA) is 62.7 Å². The quantitative estimate of drug-likeness (QED) is 0.912. The van der Waals surface area contributed by atoms with Crippen molar-refractivity contribution in [1.29, 1.82) is 0 Å². The van der Waals surface area contributed by atoms with Gasteiger partial charge in [0.1, 0.15) is 17.3 Å². The fourth-order valence-corrected chi connectivity index (χ4v) is 2.40. The Kier molecular flexibility index (Phi) is 4.57. The zero-order valence-corrected chi connectivity index (χ0v) is 13.0. The highest BCUT2D eigenvalue weighted by molar-refractivity contribution is 6.01. The van der Waals surface area contributed by atoms with Crippen LogP contribution in [0.4, 0.5) is 5.69 Å². The van der Waals surface area contributed by atoms with Crippen molar-refractivity contribution in [1.82, 2.24) is 5.32 Å². The van der Waals surface area contributed by atoms with E-state index >= 15 is 0 Å². The van der Waals surface area contributed by atoms with Crippen molar-refractivity contribution in [2.24, 2.45) is 4.99 Å². The van der Waals surface area contributed by atoms with Crippen molar-refractivity contribution >= 4 is 17.4 Å². The van der Waals surface area contributed by atoms with Crippen LogP contribution in [-0.2, 0) is 4.79 Å². The lowest BCUT2D eigenvalue weighted by molar-refractivity contribution is -0.114. The van der Waals surface area contributed by atoms with E-state index in [1.165, 1.54) is 6.92 Å². The van der Waals surface area contributed by atoms with Gasteiger partial charge in [0.15, 0.2) is 0 Å². The molecule has 118 valence electrons. The Morgan fingerprint density at radius 1 is 1.17 bits per heavy atom. The summed E-state index contributed by atoms with van der Waals surface area (Å²) in [5, 5.41) is 6.05. The number of nitrogens with zero attached hydrogens (tertiary/aromatic N) is 1. The van der Waals surface area contributed by atoms with Crippen LogP contribution in [-0.4, -0.2) is 24.8 Å². The summed E-state index contributed by atoms with van der Waals surface area (Å²) in [4.78, 5) is 15.6. The summed E-state index contributed by atoms with van der Waals surface area (Å²) in [7, 11) is 0. The SMILES string of the molecule is CC(=O)Nc1ccc(Oc2ccccc2C2=NCCCN2)cc1. The summed E-state index contributed by atoms with van der Waals surface area (Å²) in [5.74, 6) is 2.25. The Hall–Kier alpha value is -2.82. The van der Waals surface area contributed by atoms with Crippen LogP contribution in [0.1, 0.15) is 18.9 Å². The van der Waals surface area contributed by atoms with E-state index in [4.69, 9.17) is 4.74 Å². The van der Waals surface area contributed by atoms with E-state index in [1.54, 1.807) is 0 Å². The largest absolute Gasteiger partial charge is 0.457 e. The van der Waals surface area contributed by atoms with Crippen molar-refractivity contribution < 1.29 is 9.53 Å². The minimum absolute atomic E-state index is 0.0922. The molecule has 0 saturated heterocycles. The second-order valence-corrected chi connectivity index (χ2v) is 5.31. The van der Waals surface area contributed by atoms with Crippen molar-refractivity contribution in [2.45, 2.75) is 13.3 Å². The van der Waals surface area contributed by atoms with Gasteiger partial charge in [-0.25, -0.2) is 0 Å². The number of hydrogen-bond donors (Lipinski definition) is 2. The molecule has 0 unspecified atom stereocenters. The third-order valence-electron chi connectivity index (χ3n) is 3.44. The molecule has 3 rings (SSSR count). The van der Waals surface area contributed by atoms with E-state index in [2.05, 4.69) is 15.6 Å². The lowest BCUT2D eigenvalue weighted by Gasteiger charge is -2.17. The fraction of sp³-hybridized carbons (Fsp3) is 0.222. The first kappa shape index (κ1) is 15.1. The smallest absolute Gasteiger partial charge is 0.221 e. The number of carbonyl (C=O) groups is 1. The first-order chi connectivity index (χ1) is 11.2. The number of para-hydroxylation sites is 1. The molecule has 23 heavy (non-hydrogen) atoms. The molecule has 0 fully saturated rings. The second-order valence-electron chi connectivity index (χ2n) is 5.31. The summed E-state index contributed by atoms with van der Waals surface area (Å²) in [6, 6.07) is 15.1. The number of hydrogen-bond acceptors (Lipinski definition) is 4. The maximum absolute atomic E-state index is 11.0. The van der Waals surface area contributed by atoms with Crippen LogP contribution < -0.4 is 15.4 Å². The Morgan fingerprint density at radius 2 is 1.96 bits per heavy atom. The van der Waals surface area contributed by atoms with Gasteiger partial charge in [-0.15, -0.1) is 0 Å². The zero-order chi connectivity index (χ0) is 16.1. The van der Waals surface area contributed by atoms with Crippen LogP contribution in [0.2, 0.25) is 0 Å². The zero-order valence-electron chi connectivity index (χ0n) is 13.0. The van der Waals surface area contributed by atoms with Crippen molar-refractivity contribution in [2.75, 3.05) is 18.4 Å². The molecule has 1 aliphatic rings. The minimum atomic E-state index is -0.0922. The standard InChI is InChI=1S/C18H19N3O2/c1-13(22)21-14-7-9-15(10-8-14)23-17-6-3-2-5-16(17)18-19-11-4-12-20-18/h2-3,5-10H,4,11-12H2,1H3,(H,19,20)(H,21,22).